The zero-order valence-corrected chi connectivity index (χ0v) is 18.6. The fourth-order valence-electron chi connectivity index (χ4n) is 5.84. The number of hydrogen-bond acceptors (Lipinski definition) is 6. The summed E-state index contributed by atoms with van der Waals surface area (Å²) in [5.41, 5.74) is -1.77. The Morgan fingerprint density at radius 2 is 2.03 bits per heavy atom. The summed E-state index contributed by atoms with van der Waals surface area (Å²) in [6, 6.07) is 6.83. The molecule has 2 aliphatic heterocycles. The molecule has 32 heavy (non-hydrogen) atoms. The van der Waals surface area contributed by atoms with Crippen molar-refractivity contribution in [3.8, 4) is 0 Å². The van der Waals surface area contributed by atoms with Gasteiger partial charge in [0, 0.05) is 28.9 Å². The second-order valence-corrected chi connectivity index (χ2v) is 9.62. The van der Waals surface area contributed by atoms with Crippen LogP contribution in [0.2, 0.25) is 0 Å². The van der Waals surface area contributed by atoms with Crippen molar-refractivity contribution in [2.45, 2.75) is 49.9 Å². The lowest BCUT2D eigenvalue weighted by atomic mass is 9.56. The second-order valence-electron chi connectivity index (χ2n) is 9.62. The number of fused-ring (bicyclic) bond motifs is 5. The van der Waals surface area contributed by atoms with Gasteiger partial charge in [-0.1, -0.05) is 24.8 Å². The van der Waals surface area contributed by atoms with Gasteiger partial charge in [-0.15, -0.1) is 0 Å². The highest BCUT2D eigenvalue weighted by molar-refractivity contribution is 6.11. The molecule has 5 rings (SSSR count). The number of ether oxygens (including phenoxy) is 3. The largest absolute Gasteiger partial charge is 0.468 e. The maximum Gasteiger partial charge on any atom is 0.410 e. The van der Waals surface area contributed by atoms with E-state index in [2.05, 4.69) is 11.6 Å². The Bertz CT molecular complexity index is 1180. The number of H-pyrrole nitrogens is 1. The normalized spacial score (nSPS) is 30.5. The third-order valence-electron chi connectivity index (χ3n) is 6.92. The monoisotopic (exact) mass is 438 g/mol. The van der Waals surface area contributed by atoms with Crippen molar-refractivity contribution < 1.29 is 28.6 Å². The minimum Gasteiger partial charge on any atom is -0.468 e. The lowest BCUT2D eigenvalue weighted by molar-refractivity contribution is -0.159. The number of benzene rings is 1. The topological polar surface area (TPSA) is 97.9 Å². The Morgan fingerprint density at radius 1 is 1.31 bits per heavy atom. The Kier molecular flexibility index (Phi) is 4.10. The average Bonchev–Trinajstić information content (AvgIpc) is 3.21. The molecule has 8 heteroatoms. The number of aromatic nitrogens is 1. The summed E-state index contributed by atoms with van der Waals surface area (Å²) in [4.78, 5) is 45.0. The molecule has 3 aliphatic rings. The summed E-state index contributed by atoms with van der Waals surface area (Å²) in [6.45, 7) is 9.68. The van der Waals surface area contributed by atoms with Gasteiger partial charge < -0.3 is 19.2 Å². The van der Waals surface area contributed by atoms with E-state index in [-0.39, 0.29) is 0 Å². The van der Waals surface area contributed by atoms with Crippen molar-refractivity contribution in [1.82, 2.24) is 9.88 Å². The van der Waals surface area contributed by atoms with Crippen LogP contribution < -0.4 is 0 Å². The number of para-hydroxylation sites is 1. The first kappa shape index (κ1) is 20.6. The Morgan fingerprint density at radius 3 is 2.69 bits per heavy atom. The quantitative estimate of drug-likeness (QED) is 0.334. The summed E-state index contributed by atoms with van der Waals surface area (Å²) in [6.07, 6.45) is 1.40. The summed E-state index contributed by atoms with van der Waals surface area (Å²) < 4.78 is 16.8. The fraction of sp³-hybridized carbons (Fsp3) is 0.458. The number of carbonyl (C=O) groups is 3. The molecule has 8 nitrogen and oxygen atoms in total. The first-order valence-corrected chi connectivity index (χ1v) is 10.7. The van der Waals surface area contributed by atoms with Gasteiger partial charge in [0.2, 0.25) is 5.41 Å². The van der Waals surface area contributed by atoms with Crippen molar-refractivity contribution in [1.29, 1.82) is 0 Å². The molecule has 1 aliphatic carbocycles. The summed E-state index contributed by atoms with van der Waals surface area (Å²) >= 11 is 0. The molecule has 1 amide bonds. The molecule has 2 saturated heterocycles. The average molecular weight is 438 g/mol. The summed E-state index contributed by atoms with van der Waals surface area (Å²) in [7, 11) is 1.27. The van der Waals surface area contributed by atoms with E-state index in [0.717, 1.165) is 10.9 Å². The highest BCUT2D eigenvalue weighted by Gasteiger charge is 2.78. The van der Waals surface area contributed by atoms with Gasteiger partial charge in [-0.25, -0.2) is 4.79 Å². The molecule has 0 radical (unpaired) electrons. The SMILES string of the molecule is C=C[C@@]12OC(=O)[C@]3(C(=O)OC)c4[nH]c5ccccc5c4[C@H]1N(C(=O)OC(C)(C)C)CC[C@@H]32. The zero-order chi connectivity index (χ0) is 23.1. The number of aromatic amines is 1. The van der Waals surface area contributed by atoms with Crippen LogP contribution in [0.15, 0.2) is 36.9 Å². The van der Waals surface area contributed by atoms with Crippen molar-refractivity contribution in [3.63, 3.8) is 0 Å². The number of methoxy groups -OCH3 is 1. The third-order valence-corrected chi connectivity index (χ3v) is 6.92. The maximum absolute atomic E-state index is 13.5. The molecule has 4 bridgehead atoms. The van der Waals surface area contributed by atoms with Crippen LogP contribution in [0, 0.1) is 5.92 Å². The molecule has 1 aromatic carbocycles. The number of amides is 1. The van der Waals surface area contributed by atoms with Gasteiger partial charge in [-0.05, 0) is 39.3 Å². The Hall–Kier alpha value is -3.29. The van der Waals surface area contributed by atoms with E-state index < -0.39 is 46.6 Å². The fourth-order valence-corrected chi connectivity index (χ4v) is 5.84. The predicted molar refractivity (Wildman–Crippen MR) is 115 cm³/mol. The molecule has 1 N–H and O–H groups in total. The first-order valence-electron chi connectivity index (χ1n) is 10.7. The number of carbonyl (C=O) groups excluding carboxylic acids is 3. The molecule has 1 aromatic heterocycles. The highest BCUT2D eigenvalue weighted by Crippen LogP contribution is 2.65. The van der Waals surface area contributed by atoms with E-state index in [1.807, 2.05) is 24.3 Å². The number of piperidine rings is 1. The van der Waals surface area contributed by atoms with Crippen LogP contribution in [0.3, 0.4) is 0 Å². The van der Waals surface area contributed by atoms with Crippen molar-refractivity contribution in [2.24, 2.45) is 5.92 Å². The van der Waals surface area contributed by atoms with Crippen molar-refractivity contribution in [2.75, 3.05) is 13.7 Å². The molecule has 2 fully saturated rings. The molecule has 2 aromatic rings. The van der Waals surface area contributed by atoms with E-state index in [1.165, 1.54) is 7.11 Å². The number of hydrogen-bond donors (Lipinski definition) is 1. The van der Waals surface area contributed by atoms with Gasteiger partial charge in [0.05, 0.1) is 12.8 Å². The van der Waals surface area contributed by atoms with E-state index in [1.54, 1.807) is 31.7 Å². The van der Waals surface area contributed by atoms with Crippen LogP contribution in [0.4, 0.5) is 4.79 Å². The zero-order valence-electron chi connectivity index (χ0n) is 18.6. The molecule has 4 atom stereocenters. The molecule has 0 spiro atoms. The van der Waals surface area contributed by atoms with Crippen LogP contribution in [-0.4, -0.2) is 52.8 Å². The lowest BCUT2D eigenvalue weighted by Gasteiger charge is -2.52. The van der Waals surface area contributed by atoms with Gasteiger partial charge in [-0.3, -0.25) is 14.5 Å². The predicted octanol–water partition coefficient (Wildman–Crippen LogP) is 3.37. The number of likely N-dealkylation sites (tertiary alicyclic amines) is 1. The van der Waals surface area contributed by atoms with E-state index in [0.29, 0.717) is 24.2 Å². The molecule has 0 unspecified atom stereocenters. The number of nitrogens with zero attached hydrogens (tertiary/aromatic N) is 1. The summed E-state index contributed by atoms with van der Waals surface area (Å²) in [5.74, 6) is -1.93. The smallest absolute Gasteiger partial charge is 0.410 e. The number of esters is 2. The lowest BCUT2D eigenvalue weighted by Crippen LogP contribution is -2.63. The highest BCUT2D eigenvalue weighted by atomic mass is 16.6. The van der Waals surface area contributed by atoms with Gasteiger partial charge in [0.15, 0.2) is 5.60 Å². The number of nitrogens with one attached hydrogen (secondary N) is 1. The number of rotatable bonds is 2. The maximum atomic E-state index is 13.5. The Balaban J connectivity index is 1.84. The van der Waals surface area contributed by atoms with Crippen LogP contribution in [-0.2, 0) is 29.2 Å². The van der Waals surface area contributed by atoms with Gasteiger partial charge in [0.25, 0.3) is 0 Å². The van der Waals surface area contributed by atoms with E-state index >= 15 is 0 Å². The first-order chi connectivity index (χ1) is 15.1. The van der Waals surface area contributed by atoms with Gasteiger partial charge >= 0.3 is 18.0 Å². The molecule has 168 valence electrons. The molecular formula is C24H26N2O6. The molecular weight excluding hydrogens is 412 g/mol. The standard InChI is InChI=1S/C24H26N2O6/c1-6-23-15-11-12-26(21(29)32-22(2,3)4)18(23)16-13-9-7-8-10-14(13)25-17(16)24(15,19(27)30-5)20(28)31-23/h6-10,15,18,25H,1,11-12H2,2-5H3/t15-,18-,23+,24+/m1/s1. The third kappa shape index (κ3) is 2.29. The molecule has 0 saturated carbocycles. The van der Waals surface area contributed by atoms with Gasteiger partial charge in [-0.2, -0.15) is 0 Å². The summed E-state index contributed by atoms with van der Waals surface area (Å²) in [5, 5.41) is 0.805. The molecule has 3 heterocycles. The van der Waals surface area contributed by atoms with Crippen molar-refractivity contribution in [3.05, 3.63) is 48.2 Å². The second kappa shape index (κ2) is 6.37. The van der Waals surface area contributed by atoms with Crippen LogP contribution in [0.1, 0.15) is 44.5 Å². The van der Waals surface area contributed by atoms with E-state index in [9.17, 15) is 14.4 Å². The van der Waals surface area contributed by atoms with E-state index in [4.69, 9.17) is 14.2 Å². The Labute approximate surface area is 185 Å². The minimum absolute atomic E-state index is 0.300. The van der Waals surface area contributed by atoms with Crippen molar-refractivity contribution >= 4 is 28.9 Å². The van der Waals surface area contributed by atoms with Crippen LogP contribution >= 0.6 is 0 Å². The van der Waals surface area contributed by atoms with Crippen LogP contribution in [0.25, 0.3) is 10.9 Å². The van der Waals surface area contributed by atoms with Crippen LogP contribution in [0.5, 0.6) is 0 Å². The minimum atomic E-state index is -1.65. The van der Waals surface area contributed by atoms with Gasteiger partial charge in [0.1, 0.15) is 11.6 Å².